The predicted octanol–water partition coefficient (Wildman–Crippen LogP) is 5.57. The second kappa shape index (κ2) is 14.6. The molecule has 2 fully saturated rings. The zero-order chi connectivity index (χ0) is 26.9. The van der Waals surface area contributed by atoms with Gasteiger partial charge in [-0.3, -0.25) is 9.69 Å². The summed E-state index contributed by atoms with van der Waals surface area (Å²) in [5, 5.41) is 2.52. The van der Waals surface area contributed by atoms with E-state index in [1.807, 2.05) is 0 Å². The molecule has 1 aliphatic carbocycles. The summed E-state index contributed by atoms with van der Waals surface area (Å²) in [6.07, 6.45) is 4.95. The van der Waals surface area contributed by atoms with Crippen molar-refractivity contribution in [3.63, 3.8) is 0 Å². The first kappa shape index (κ1) is 30.0. The van der Waals surface area contributed by atoms with Crippen molar-refractivity contribution in [1.82, 2.24) is 10.2 Å². The van der Waals surface area contributed by atoms with Crippen LogP contribution in [0.15, 0.2) is 72.8 Å². The Morgan fingerprint density at radius 3 is 2.05 bits per heavy atom. The molecular formula is C32H41FN2O4. The maximum absolute atomic E-state index is 14.6. The number of ether oxygens (including phenoxy) is 1. The van der Waals surface area contributed by atoms with Gasteiger partial charge in [0.15, 0.2) is 0 Å². The summed E-state index contributed by atoms with van der Waals surface area (Å²) in [7, 11) is 1.52. The van der Waals surface area contributed by atoms with Crippen LogP contribution >= 0.6 is 0 Å². The van der Waals surface area contributed by atoms with Crippen molar-refractivity contribution in [3.8, 4) is 5.75 Å². The zero-order valence-electron chi connectivity index (χ0n) is 22.7. The molecule has 1 saturated heterocycles. The van der Waals surface area contributed by atoms with Crippen molar-refractivity contribution in [2.45, 2.75) is 44.6 Å². The van der Waals surface area contributed by atoms with Crippen LogP contribution in [0.2, 0.25) is 0 Å². The molecule has 0 bridgehead atoms. The van der Waals surface area contributed by atoms with E-state index >= 15 is 0 Å². The molecule has 6 nitrogen and oxygen atoms in total. The van der Waals surface area contributed by atoms with Crippen LogP contribution in [0.25, 0.3) is 0 Å². The van der Waals surface area contributed by atoms with E-state index in [2.05, 4.69) is 70.9 Å². The lowest BCUT2D eigenvalue weighted by atomic mass is 9.91. The summed E-state index contributed by atoms with van der Waals surface area (Å²) in [4.78, 5) is 23.4. The number of hydrogen-bond donors (Lipinski definition) is 1. The molecular weight excluding hydrogens is 495 g/mol. The lowest BCUT2D eigenvalue weighted by molar-refractivity contribution is -0.106. The van der Waals surface area contributed by atoms with E-state index in [-0.39, 0.29) is 18.5 Å². The van der Waals surface area contributed by atoms with Gasteiger partial charge in [-0.15, -0.1) is 0 Å². The molecule has 3 N–H and O–H groups in total. The van der Waals surface area contributed by atoms with Gasteiger partial charge >= 0.3 is 0 Å². The fraction of sp³-hybridized carbons (Fsp3) is 0.375. The van der Waals surface area contributed by atoms with E-state index in [9.17, 15) is 9.18 Å². The lowest BCUT2D eigenvalue weighted by Gasteiger charge is -2.38. The summed E-state index contributed by atoms with van der Waals surface area (Å²) >= 11 is 0. The highest BCUT2D eigenvalue weighted by molar-refractivity contribution is 5.94. The molecule has 1 saturated carbocycles. The number of aldehydes is 1. The zero-order valence-corrected chi connectivity index (χ0v) is 22.7. The molecule has 3 aromatic carbocycles. The molecule has 0 unspecified atom stereocenters. The first-order chi connectivity index (χ1) is 18.5. The molecule has 0 atom stereocenters. The highest BCUT2D eigenvalue weighted by atomic mass is 19.1. The number of amides is 1. The minimum Gasteiger partial charge on any atom is -0.493 e. The van der Waals surface area contributed by atoms with Crippen molar-refractivity contribution in [2.75, 3.05) is 26.7 Å². The largest absolute Gasteiger partial charge is 0.493 e. The topological polar surface area (TPSA) is 90.1 Å². The van der Waals surface area contributed by atoms with Crippen LogP contribution in [-0.4, -0.2) is 49.3 Å². The molecule has 2 aliphatic rings. The Bertz CT molecular complexity index is 1160. The van der Waals surface area contributed by atoms with Crippen molar-refractivity contribution in [3.05, 3.63) is 101 Å². The van der Waals surface area contributed by atoms with Crippen LogP contribution in [0, 0.1) is 11.7 Å². The molecule has 7 heteroatoms. The number of nitrogens with one attached hydrogen (secondary N) is 1. The number of likely N-dealkylation sites (tertiary alicyclic amines) is 1. The number of carbonyl (C=O) groups is 2. The Kier molecular flexibility index (Phi) is 11.2. The van der Waals surface area contributed by atoms with Gasteiger partial charge in [0.1, 0.15) is 17.9 Å². The first-order valence-electron chi connectivity index (χ1n) is 13.5. The van der Waals surface area contributed by atoms with Gasteiger partial charge in [-0.2, -0.15) is 0 Å². The van der Waals surface area contributed by atoms with Crippen LogP contribution in [0.5, 0.6) is 5.75 Å². The van der Waals surface area contributed by atoms with Crippen LogP contribution < -0.4 is 10.1 Å². The van der Waals surface area contributed by atoms with Gasteiger partial charge in [-0.25, -0.2) is 4.39 Å². The maximum atomic E-state index is 14.6. The smallest absolute Gasteiger partial charge is 0.254 e. The number of nitrogens with zero attached hydrogens (tertiary/aromatic N) is 1. The molecule has 210 valence electrons. The predicted molar refractivity (Wildman–Crippen MR) is 154 cm³/mol. The van der Waals surface area contributed by atoms with E-state index in [4.69, 9.17) is 9.53 Å². The van der Waals surface area contributed by atoms with E-state index < -0.39 is 11.7 Å². The van der Waals surface area contributed by atoms with Gasteiger partial charge in [0.25, 0.3) is 5.91 Å². The van der Waals surface area contributed by atoms with Gasteiger partial charge in [0.2, 0.25) is 0 Å². The minimum absolute atomic E-state index is 0. The van der Waals surface area contributed by atoms with Gasteiger partial charge in [0, 0.05) is 14.5 Å². The Balaban J connectivity index is 0.00000107. The fourth-order valence-corrected chi connectivity index (χ4v) is 5.19. The van der Waals surface area contributed by atoms with E-state index in [1.165, 1.54) is 31.2 Å². The van der Waals surface area contributed by atoms with Gasteiger partial charge in [-0.05, 0) is 80.3 Å². The number of carbonyl (C=O) groups excluding carboxylic acids is 2. The Hall–Kier alpha value is -3.55. The fourth-order valence-electron chi connectivity index (χ4n) is 5.19. The molecule has 3 aromatic rings. The monoisotopic (exact) mass is 536 g/mol. The lowest BCUT2D eigenvalue weighted by Crippen LogP contribution is -2.38. The van der Waals surface area contributed by atoms with Crippen LogP contribution in [-0.2, 0) is 4.79 Å². The van der Waals surface area contributed by atoms with Crippen molar-refractivity contribution >= 4 is 12.2 Å². The Morgan fingerprint density at radius 2 is 1.56 bits per heavy atom. The molecule has 5 rings (SSSR count). The van der Waals surface area contributed by atoms with Crippen LogP contribution in [0.1, 0.15) is 73.0 Å². The number of hydrogen-bond acceptors (Lipinski definition) is 4. The highest BCUT2D eigenvalue weighted by Crippen LogP contribution is 2.45. The molecule has 0 radical (unpaired) electrons. The molecule has 1 heterocycles. The Morgan fingerprint density at radius 1 is 1.03 bits per heavy atom. The molecule has 1 aliphatic heterocycles. The molecule has 0 aromatic heterocycles. The van der Waals surface area contributed by atoms with Gasteiger partial charge < -0.3 is 20.3 Å². The van der Waals surface area contributed by atoms with E-state index in [0.717, 1.165) is 50.6 Å². The van der Waals surface area contributed by atoms with Gasteiger partial charge in [0.05, 0.1) is 18.2 Å². The normalized spacial score (nSPS) is 15.5. The van der Waals surface area contributed by atoms with Crippen molar-refractivity contribution in [1.29, 1.82) is 0 Å². The number of piperidine rings is 1. The number of halogens is 1. The Labute approximate surface area is 232 Å². The van der Waals surface area contributed by atoms with Crippen LogP contribution in [0.4, 0.5) is 4.39 Å². The SMILES string of the molecule is CC=O.CNC(=O)c1cc(C2CC2)c(OCC2CCN(C(c3ccccc3)c3ccccc3)CC2)cc1F.O.[HH]. The average molecular weight is 537 g/mol. The quantitative estimate of drug-likeness (QED) is 0.381. The van der Waals surface area contributed by atoms with E-state index in [1.54, 1.807) is 6.07 Å². The summed E-state index contributed by atoms with van der Waals surface area (Å²) < 4.78 is 20.8. The van der Waals surface area contributed by atoms with Crippen molar-refractivity contribution in [2.24, 2.45) is 5.92 Å². The second-order valence-electron chi connectivity index (χ2n) is 9.97. The third-order valence-corrected chi connectivity index (χ3v) is 7.31. The van der Waals surface area contributed by atoms with Crippen LogP contribution in [0.3, 0.4) is 0 Å². The van der Waals surface area contributed by atoms with Gasteiger partial charge in [-0.1, -0.05) is 60.7 Å². The summed E-state index contributed by atoms with van der Waals surface area (Å²) in [5.74, 6) is 0.480. The summed E-state index contributed by atoms with van der Waals surface area (Å²) in [6, 6.07) is 24.8. The van der Waals surface area contributed by atoms with E-state index in [0.29, 0.717) is 24.2 Å². The second-order valence-corrected chi connectivity index (χ2v) is 9.97. The maximum Gasteiger partial charge on any atom is 0.254 e. The average Bonchev–Trinajstić information content (AvgIpc) is 3.80. The summed E-state index contributed by atoms with van der Waals surface area (Å²) in [6.45, 7) is 4.00. The van der Waals surface area contributed by atoms with Crippen molar-refractivity contribution < 1.29 is 25.6 Å². The molecule has 39 heavy (non-hydrogen) atoms. The minimum atomic E-state index is -0.521. The first-order valence-corrected chi connectivity index (χ1v) is 13.5. The standard InChI is InChI=1S/C30H33FN2O2.C2H4O.H2O.H2/c1-32-30(34)26-18-25(22-12-13-22)28(19-27(26)31)35-20-21-14-16-33(17-15-21)29(23-8-4-2-5-9-23)24-10-6-3-7-11-24;1-2-3;;/h2-11,18-19,21-22,29H,12-17,20H2,1H3,(H,32,34);2H,1H3;1H2;1H. The highest BCUT2D eigenvalue weighted by Gasteiger charge is 2.31. The third-order valence-electron chi connectivity index (χ3n) is 7.31. The third kappa shape index (κ3) is 7.74. The molecule has 0 spiro atoms. The molecule has 1 amide bonds. The number of rotatable bonds is 8. The number of benzene rings is 3. The summed E-state index contributed by atoms with van der Waals surface area (Å²) in [5.41, 5.74) is 3.70.